The summed E-state index contributed by atoms with van der Waals surface area (Å²) in [4.78, 5) is 12.1. The van der Waals surface area contributed by atoms with Gasteiger partial charge in [0.1, 0.15) is 18.1 Å². The van der Waals surface area contributed by atoms with Gasteiger partial charge in [0.05, 0.1) is 19.9 Å². The van der Waals surface area contributed by atoms with E-state index in [1.165, 1.54) is 10.6 Å². The molecule has 0 radical (unpaired) electrons. The van der Waals surface area contributed by atoms with E-state index in [0.29, 0.717) is 50.6 Å². The van der Waals surface area contributed by atoms with Crippen molar-refractivity contribution in [2.45, 2.75) is 12.8 Å². The van der Waals surface area contributed by atoms with E-state index in [0.717, 1.165) is 0 Å². The standard InChI is InChI=1S/C16H24N2O5S/c1-22-14-4-3-5-15(12-14)23-11-8-17-16(19)13-6-9-18(10-7-13)24(2,20)21/h3-5,12-13H,6-11H2,1-2H3,(H,17,19). The number of piperidine rings is 1. The number of sulfonamides is 1. The molecule has 1 aliphatic rings. The van der Waals surface area contributed by atoms with Crippen molar-refractivity contribution in [2.24, 2.45) is 5.92 Å². The van der Waals surface area contributed by atoms with Crippen molar-refractivity contribution in [1.82, 2.24) is 9.62 Å². The van der Waals surface area contributed by atoms with E-state index in [-0.39, 0.29) is 11.8 Å². The van der Waals surface area contributed by atoms with Gasteiger partial charge in [0.15, 0.2) is 0 Å². The molecular weight excluding hydrogens is 332 g/mol. The number of benzene rings is 1. The summed E-state index contributed by atoms with van der Waals surface area (Å²) < 4.78 is 35.0. The number of nitrogens with zero attached hydrogens (tertiary/aromatic N) is 1. The van der Waals surface area contributed by atoms with E-state index in [1.807, 2.05) is 18.2 Å². The molecule has 2 rings (SSSR count). The number of amides is 1. The molecule has 1 fully saturated rings. The molecule has 1 amide bonds. The highest BCUT2D eigenvalue weighted by Crippen LogP contribution is 2.20. The van der Waals surface area contributed by atoms with E-state index in [4.69, 9.17) is 9.47 Å². The lowest BCUT2D eigenvalue weighted by Gasteiger charge is -2.29. The molecule has 0 atom stereocenters. The van der Waals surface area contributed by atoms with Gasteiger partial charge < -0.3 is 14.8 Å². The summed E-state index contributed by atoms with van der Waals surface area (Å²) in [6.07, 6.45) is 2.30. The molecule has 0 aliphatic carbocycles. The molecule has 134 valence electrons. The Kier molecular flexibility index (Phi) is 6.44. The van der Waals surface area contributed by atoms with Gasteiger partial charge in [-0.05, 0) is 25.0 Å². The monoisotopic (exact) mass is 356 g/mol. The van der Waals surface area contributed by atoms with Crippen LogP contribution in [0.2, 0.25) is 0 Å². The zero-order chi connectivity index (χ0) is 17.6. The van der Waals surface area contributed by atoms with Crippen LogP contribution in [-0.2, 0) is 14.8 Å². The highest BCUT2D eigenvalue weighted by molar-refractivity contribution is 7.88. The number of ether oxygens (including phenoxy) is 2. The molecule has 1 saturated heterocycles. The van der Waals surface area contributed by atoms with E-state index in [2.05, 4.69) is 5.32 Å². The van der Waals surface area contributed by atoms with Crippen LogP contribution < -0.4 is 14.8 Å². The van der Waals surface area contributed by atoms with Crippen molar-refractivity contribution >= 4 is 15.9 Å². The fourth-order valence-electron chi connectivity index (χ4n) is 2.63. The third-order valence-electron chi connectivity index (χ3n) is 4.00. The molecule has 0 unspecified atom stereocenters. The SMILES string of the molecule is COc1cccc(OCCNC(=O)C2CCN(S(C)(=O)=O)CC2)c1. The average Bonchev–Trinajstić information content (AvgIpc) is 2.58. The van der Waals surface area contributed by atoms with Crippen molar-refractivity contribution in [3.63, 3.8) is 0 Å². The zero-order valence-electron chi connectivity index (χ0n) is 14.0. The van der Waals surface area contributed by atoms with Gasteiger partial charge in [0.2, 0.25) is 15.9 Å². The highest BCUT2D eigenvalue weighted by Gasteiger charge is 2.28. The summed E-state index contributed by atoms with van der Waals surface area (Å²) >= 11 is 0. The van der Waals surface area contributed by atoms with Crippen LogP contribution in [0.5, 0.6) is 11.5 Å². The van der Waals surface area contributed by atoms with Crippen LogP contribution in [0.15, 0.2) is 24.3 Å². The summed E-state index contributed by atoms with van der Waals surface area (Å²) in [5, 5.41) is 2.84. The second-order valence-corrected chi connectivity index (χ2v) is 7.74. The van der Waals surface area contributed by atoms with Gasteiger partial charge in [0.25, 0.3) is 0 Å². The summed E-state index contributed by atoms with van der Waals surface area (Å²) in [5.41, 5.74) is 0. The molecular formula is C16H24N2O5S. The Hall–Kier alpha value is -1.80. The van der Waals surface area contributed by atoms with Crippen molar-refractivity contribution in [3.8, 4) is 11.5 Å². The molecule has 0 bridgehead atoms. The number of carbonyl (C=O) groups is 1. The molecule has 0 saturated carbocycles. The maximum Gasteiger partial charge on any atom is 0.223 e. The lowest BCUT2D eigenvalue weighted by molar-refractivity contribution is -0.126. The Balaban J connectivity index is 1.68. The fraction of sp³-hybridized carbons (Fsp3) is 0.562. The van der Waals surface area contributed by atoms with Gasteiger partial charge in [-0.2, -0.15) is 0 Å². The number of methoxy groups -OCH3 is 1. The molecule has 8 heteroatoms. The molecule has 1 aromatic carbocycles. The highest BCUT2D eigenvalue weighted by atomic mass is 32.2. The third kappa shape index (κ3) is 5.38. The smallest absolute Gasteiger partial charge is 0.223 e. The van der Waals surface area contributed by atoms with Gasteiger partial charge in [-0.25, -0.2) is 12.7 Å². The van der Waals surface area contributed by atoms with Crippen LogP contribution >= 0.6 is 0 Å². The molecule has 1 aromatic rings. The lowest BCUT2D eigenvalue weighted by atomic mass is 9.97. The minimum atomic E-state index is -3.16. The Morgan fingerprint density at radius 2 is 1.96 bits per heavy atom. The number of carbonyl (C=O) groups excluding carboxylic acids is 1. The van der Waals surface area contributed by atoms with Crippen LogP contribution in [0.1, 0.15) is 12.8 Å². The van der Waals surface area contributed by atoms with Gasteiger partial charge >= 0.3 is 0 Å². The lowest BCUT2D eigenvalue weighted by Crippen LogP contribution is -2.43. The predicted molar refractivity (Wildman–Crippen MR) is 90.6 cm³/mol. The Morgan fingerprint density at radius 1 is 1.29 bits per heavy atom. The van der Waals surface area contributed by atoms with Crippen molar-refractivity contribution < 1.29 is 22.7 Å². The summed E-state index contributed by atoms with van der Waals surface area (Å²) in [7, 11) is -1.57. The normalized spacial score (nSPS) is 16.6. The second-order valence-electron chi connectivity index (χ2n) is 5.75. The van der Waals surface area contributed by atoms with Crippen LogP contribution in [0.3, 0.4) is 0 Å². The number of nitrogens with one attached hydrogen (secondary N) is 1. The van der Waals surface area contributed by atoms with Gasteiger partial charge in [-0.1, -0.05) is 6.07 Å². The molecule has 24 heavy (non-hydrogen) atoms. The molecule has 7 nitrogen and oxygen atoms in total. The maximum atomic E-state index is 12.1. The number of rotatable bonds is 7. The minimum Gasteiger partial charge on any atom is -0.497 e. The Morgan fingerprint density at radius 3 is 2.58 bits per heavy atom. The first-order chi connectivity index (χ1) is 11.4. The van der Waals surface area contributed by atoms with Gasteiger partial charge in [-0.3, -0.25) is 4.79 Å². The predicted octanol–water partition coefficient (Wildman–Crippen LogP) is 0.862. The topological polar surface area (TPSA) is 84.9 Å². The molecule has 1 heterocycles. The Bertz CT molecular complexity index is 654. The van der Waals surface area contributed by atoms with Crippen LogP contribution in [0, 0.1) is 5.92 Å². The molecule has 0 aromatic heterocycles. The van der Waals surface area contributed by atoms with Crippen molar-refractivity contribution in [2.75, 3.05) is 39.6 Å². The maximum absolute atomic E-state index is 12.1. The second kappa shape index (κ2) is 8.34. The van der Waals surface area contributed by atoms with Crippen LogP contribution in [0.25, 0.3) is 0 Å². The first-order valence-corrected chi connectivity index (χ1v) is 9.74. The van der Waals surface area contributed by atoms with Crippen molar-refractivity contribution in [1.29, 1.82) is 0 Å². The zero-order valence-corrected chi connectivity index (χ0v) is 14.8. The van der Waals surface area contributed by atoms with Crippen molar-refractivity contribution in [3.05, 3.63) is 24.3 Å². The number of hydrogen-bond donors (Lipinski definition) is 1. The van der Waals surface area contributed by atoms with Crippen LogP contribution in [-0.4, -0.2) is 58.2 Å². The molecule has 0 spiro atoms. The summed E-state index contributed by atoms with van der Waals surface area (Å²) in [5.74, 6) is 1.22. The minimum absolute atomic E-state index is 0.0441. The Labute approximate surface area is 143 Å². The largest absolute Gasteiger partial charge is 0.497 e. The van der Waals surface area contributed by atoms with E-state index < -0.39 is 10.0 Å². The fourth-order valence-corrected chi connectivity index (χ4v) is 3.50. The quantitative estimate of drug-likeness (QED) is 0.733. The molecule has 1 N–H and O–H groups in total. The third-order valence-corrected chi connectivity index (χ3v) is 5.31. The summed E-state index contributed by atoms with van der Waals surface area (Å²) in [6, 6.07) is 7.27. The first kappa shape index (κ1) is 18.5. The molecule has 1 aliphatic heterocycles. The summed E-state index contributed by atoms with van der Waals surface area (Å²) in [6.45, 7) is 1.57. The van der Waals surface area contributed by atoms with Gasteiger partial charge in [0, 0.05) is 25.1 Å². The van der Waals surface area contributed by atoms with Gasteiger partial charge in [-0.15, -0.1) is 0 Å². The van der Waals surface area contributed by atoms with E-state index >= 15 is 0 Å². The first-order valence-electron chi connectivity index (χ1n) is 7.90. The van der Waals surface area contributed by atoms with E-state index in [9.17, 15) is 13.2 Å². The number of hydrogen-bond acceptors (Lipinski definition) is 5. The van der Waals surface area contributed by atoms with Crippen LogP contribution in [0.4, 0.5) is 0 Å². The van der Waals surface area contributed by atoms with E-state index in [1.54, 1.807) is 13.2 Å². The average molecular weight is 356 g/mol.